The van der Waals surface area contributed by atoms with E-state index in [-0.39, 0.29) is 40.9 Å². The molecule has 0 spiro atoms. The molecule has 13 heteroatoms. The number of benzene rings is 3. The number of ether oxygens (including phenoxy) is 2. The smallest absolute Gasteiger partial charge is 0.407 e. The zero-order chi connectivity index (χ0) is 34.3. The molecule has 0 radical (unpaired) electrons. The van der Waals surface area contributed by atoms with E-state index < -0.39 is 45.8 Å². The van der Waals surface area contributed by atoms with Crippen LogP contribution in [0.3, 0.4) is 0 Å². The van der Waals surface area contributed by atoms with Crippen molar-refractivity contribution in [2.75, 3.05) is 32.6 Å². The van der Waals surface area contributed by atoms with Crippen LogP contribution >= 0.6 is 11.6 Å². The quantitative estimate of drug-likeness (QED) is 0.227. The van der Waals surface area contributed by atoms with E-state index in [0.717, 1.165) is 5.56 Å². The Morgan fingerprint density at radius 3 is 2.34 bits per heavy atom. The van der Waals surface area contributed by atoms with Crippen LogP contribution in [0.5, 0.6) is 5.75 Å². The number of carbonyl (C=O) groups is 2. The van der Waals surface area contributed by atoms with E-state index in [0.29, 0.717) is 23.9 Å². The van der Waals surface area contributed by atoms with Gasteiger partial charge >= 0.3 is 6.09 Å². The van der Waals surface area contributed by atoms with Gasteiger partial charge in [-0.2, -0.15) is 4.31 Å². The summed E-state index contributed by atoms with van der Waals surface area (Å²) in [5.41, 5.74) is 1.23. The summed E-state index contributed by atoms with van der Waals surface area (Å²) in [5.74, 6) is -1.14. The normalized spacial score (nSPS) is 18.3. The molecular weight excluding hydrogens is 647 g/mol. The number of methoxy groups -OCH3 is 2. The fourth-order valence-corrected chi connectivity index (χ4v) is 8.10. The Hall–Kier alpha value is -3.71. The summed E-state index contributed by atoms with van der Waals surface area (Å²) in [6.07, 6.45) is -0.378. The maximum Gasteiger partial charge on any atom is 0.407 e. The number of rotatable bonds is 12. The van der Waals surface area contributed by atoms with Crippen molar-refractivity contribution >= 4 is 39.3 Å². The fourth-order valence-electron chi connectivity index (χ4n) is 6.13. The topological polar surface area (TPSA) is 126 Å². The second kappa shape index (κ2) is 15.9. The molecule has 4 rings (SSSR count). The highest BCUT2D eigenvalue weighted by Crippen LogP contribution is 2.32. The second-order valence-corrected chi connectivity index (χ2v) is 14.2. The van der Waals surface area contributed by atoms with Crippen LogP contribution in [0.15, 0.2) is 71.6 Å². The lowest BCUT2D eigenvalue weighted by molar-refractivity contribution is -0.118. The molecule has 47 heavy (non-hydrogen) atoms. The third kappa shape index (κ3) is 8.61. The van der Waals surface area contributed by atoms with Crippen molar-refractivity contribution in [2.45, 2.75) is 62.6 Å². The Balaban J connectivity index is 1.60. The number of carbonyl (C=O) groups excluding carboxylic acids is 2. The van der Waals surface area contributed by atoms with Gasteiger partial charge in [0, 0.05) is 47.4 Å². The molecule has 1 saturated heterocycles. The lowest BCUT2D eigenvalue weighted by atomic mass is 9.82. The van der Waals surface area contributed by atoms with E-state index in [9.17, 15) is 18.0 Å². The van der Waals surface area contributed by atoms with Gasteiger partial charge in [0.15, 0.2) is 0 Å². The standard InChI is InChI=1S/C34H42ClFN4O6S/c1-21(2)31(23-9-11-24(35)12-10-23)32(39-34(42)46-5)33(41)38-30-8-6-7-29(36)28(30)18-13-25-20-37-19-22(3)40(25)47(43,44)27-16-14-26(45-4)15-17-27/h6-12,14-17,21-22,25,31-32,37H,13,18-20H2,1-5H3,(H,38,41)(H,39,42)/t22-,25-,31+,32-/m0/s1. The van der Waals surface area contributed by atoms with Gasteiger partial charge in [0.1, 0.15) is 17.6 Å². The van der Waals surface area contributed by atoms with Gasteiger partial charge in [-0.05, 0) is 79.8 Å². The third-order valence-electron chi connectivity index (χ3n) is 8.43. The van der Waals surface area contributed by atoms with Gasteiger partial charge in [-0.1, -0.05) is 43.6 Å². The minimum atomic E-state index is -3.89. The molecule has 0 aliphatic carbocycles. The van der Waals surface area contributed by atoms with E-state index in [1.807, 2.05) is 20.8 Å². The summed E-state index contributed by atoms with van der Waals surface area (Å²) in [6, 6.07) is 15.7. The summed E-state index contributed by atoms with van der Waals surface area (Å²) < 4.78 is 54.6. The molecule has 3 aromatic rings. The zero-order valence-electron chi connectivity index (χ0n) is 27.1. The molecule has 1 aliphatic rings. The number of sulfonamides is 1. The lowest BCUT2D eigenvalue weighted by Gasteiger charge is -2.40. The summed E-state index contributed by atoms with van der Waals surface area (Å²) in [7, 11) is -1.17. The number of nitrogens with one attached hydrogen (secondary N) is 3. The molecule has 0 aromatic heterocycles. The highest BCUT2D eigenvalue weighted by atomic mass is 35.5. The number of piperazine rings is 1. The first-order valence-electron chi connectivity index (χ1n) is 15.4. The van der Waals surface area contributed by atoms with Crippen molar-refractivity contribution in [3.63, 3.8) is 0 Å². The maximum atomic E-state index is 15.4. The van der Waals surface area contributed by atoms with Gasteiger partial charge in [0.05, 0.1) is 19.1 Å². The molecule has 254 valence electrons. The van der Waals surface area contributed by atoms with Crippen LogP contribution < -0.4 is 20.7 Å². The van der Waals surface area contributed by atoms with Crippen molar-refractivity contribution in [3.8, 4) is 5.75 Å². The van der Waals surface area contributed by atoms with E-state index in [4.69, 9.17) is 21.1 Å². The largest absolute Gasteiger partial charge is 0.497 e. The number of hydrogen-bond donors (Lipinski definition) is 3. The van der Waals surface area contributed by atoms with Crippen LogP contribution in [0.1, 0.15) is 44.2 Å². The highest BCUT2D eigenvalue weighted by molar-refractivity contribution is 7.89. The molecule has 2 amide bonds. The molecule has 0 bridgehead atoms. The van der Waals surface area contributed by atoms with Crippen molar-refractivity contribution in [1.82, 2.24) is 14.9 Å². The van der Waals surface area contributed by atoms with E-state index in [2.05, 4.69) is 16.0 Å². The van der Waals surface area contributed by atoms with Crippen LogP contribution in [0.25, 0.3) is 0 Å². The Bertz CT molecular complexity index is 1640. The van der Waals surface area contributed by atoms with Crippen LogP contribution in [-0.2, 0) is 26.0 Å². The first-order chi connectivity index (χ1) is 22.4. The van der Waals surface area contributed by atoms with Crippen LogP contribution in [0, 0.1) is 11.7 Å². The monoisotopic (exact) mass is 688 g/mol. The predicted molar refractivity (Wildman–Crippen MR) is 180 cm³/mol. The number of alkyl carbamates (subject to hydrolysis) is 1. The highest BCUT2D eigenvalue weighted by Gasteiger charge is 2.38. The number of amides is 2. The minimum Gasteiger partial charge on any atom is -0.497 e. The lowest BCUT2D eigenvalue weighted by Crippen LogP contribution is -2.58. The molecule has 0 saturated carbocycles. The van der Waals surface area contributed by atoms with Gasteiger partial charge < -0.3 is 25.4 Å². The Morgan fingerprint density at radius 1 is 1.04 bits per heavy atom. The first kappa shape index (κ1) is 36.1. The minimum absolute atomic E-state index is 0.101. The number of hydrogen-bond acceptors (Lipinski definition) is 7. The summed E-state index contributed by atoms with van der Waals surface area (Å²) in [5, 5.41) is 9.31. The molecule has 0 unspecified atom stereocenters. The average molecular weight is 689 g/mol. The zero-order valence-corrected chi connectivity index (χ0v) is 28.7. The SMILES string of the molecule is COC(=O)N[C@H](C(=O)Nc1cccc(F)c1CC[C@H]1CNC[C@H](C)N1S(=O)(=O)c1ccc(OC)cc1)[C@@H](c1ccc(Cl)cc1)C(C)C. The molecular formula is C34H42ClFN4O6S. The van der Waals surface area contributed by atoms with E-state index in [1.165, 1.54) is 42.8 Å². The molecule has 1 heterocycles. The number of nitrogens with zero attached hydrogens (tertiary/aromatic N) is 1. The molecule has 3 N–H and O–H groups in total. The third-order valence-corrected chi connectivity index (χ3v) is 10.8. The molecule has 1 aliphatic heterocycles. The van der Waals surface area contributed by atoms with Gasteiger partial charge in [-0.3, -0.25) is 4.79 Å². The molecule has 10 nitrogen and oxygen atoms in total. The van der Waals surface area contributed by atoms with Gasteiger partial charge in [0.25, 0.3) is 0 Å². The van der Waals surface area contributed by atoms with Gasteiger partial charge in [-0.25, -0.2) is 17.6 Å². The summed E-state index contributed by atoms with van der Waals surface area (Å²) in [6.45, 7) is 6.52. The number of anilines is 1. The molecule has 4 atom stereocenters. The average Bonchev–Trinajstić information content (AvgIpc) is 3.04. The van der Waals surface area contributed by atoms with Crippen molar-refractivity contribution in [2.24, 2.45) is 5.92 Å². The van der Waals surface area contributed by atoms with E-state index >= 15 is 4.39 Å². The van der Waals surface area contributed by atoms with Crippen molar-refractivity contribution in [3.05, 3.63) is 88.7 Å². The summed E-state index contributed by atoms with van der Waals surface area (Å²) in [4.78, 5) is 26.5. The molecule has 1 fully saturated rings. The Kier molecular flexibility index (Phi) is 12.2. The Labute approximate surface area is 281 Å². The van der Waals surface area contributed by atoms with E-state index in [1.54, 1.807) is 42.5 Å². The maximum absolute atomic E-state index is 15.4. The Morgan fingerprint density at radius 2 is 1.72 bits per heavy atom. The number of halogens is 2. The van der Waals surface area contributed by atoms with Crippen LogP contribution in [-0.4, -0.2) is 70.2 Å². The molecule has 3 aromatic carbocycles. The summed E-state index contributed by atoms with van der Waals surface area (Å²) >= 11 is 6.10. The van der Waals surface area contributed by atoms with Gasteiger partial charge in [0.2, 0.25) is 15.9 Å². The van der Waals surface area contributed by atoms with Gasteiger partial charge in [-0.15, -0.1) is 0 Å². The van der Waals surface area contributed by atoms with Crippen LogP contribution in [0.2, 0.25) is 5.02 Å². The fraction of sp³-hybridized carbons (Fsp3) is 0.412. The first-order valence-corrected chi connectivity index (χ1v) is 17.3. The predicted octanol–water partition coefficient (Wildman–Crippen LogP) is 5.57. The van der Waals surface area contributed by atoms with Crippen molar-refractivity contribution < 1.29 is 31.9 Å². The second-order valence-electron chi connectivity index (χ2n) is 11.9. The van der Waals surface area contributed by atoms with Crippen LogP contribution in [0.4, 0.5) is 14.9 Å². The van der Waals surface area contributed by atoms with Crippen molar-refractivity contribution in [1.29, 1.82) is 0 Å².